The van der Waals surface area contributed by atoms with Crippen molar-refractivity contribution < 1.29 is 76.1 Å². The summed E-state index contributed by atoms with van der Waals surface area (Å²) < 4.78 is 183. The average molecular weight is 504 g/mol. The maximum absolute atomic E-state index is 15.2. The van der Waals surface area contributed by atoms with Gasteiger partial charge in [-0.05, 0) is 13.8 Å². The molecule has 0 aromatic rings. The predicted molar refractivity (Wildman–Crippen MR) is 77.1 cm³/mol. The Kier molecular flexibility index (Phi) is 8.16. The van der Waals surface area contributed by atoms with Crippen LogP contribution in [0.2, 0.25) is 0 Å². The van der Waals surface area contributed by atoms with Crippen LogP contribution in [0.1, 0.15) is 20.3 Å². The second-order valence-electron chi connectivity index (χ2n) is 6.32. The molecule has 0 N–H and O–H groups in total. The Labute approximate surface area is 170 Å². The SMILES string of the molecule is C=CCC(=O)OC(C)(C)C(F)(C(F)(F)F)C(F)(OC(F)(F)C(=C)F)C(F)(F)OC(F)(F)F. The molecule has 4 nitrogen and oxygen atoms in total. The first-order valence-corrected chi connectivity index (χ1v) is 7.66. The third kappa shape index (κ3) is 5.65. The standard InChI is InChI=1S/C15H13F13O4/c1-5-6-8(29)30-9(3,4)11(19,13(21,22)23)12(20,31-10(17,18)7(2)16)14(24,25)32-15(26,27)28/h5H,1-2,6H2,3-4H3. The lowest BCUT2D eigenvalue weighted by Crippen LogP contribution is -2.77. The lowest BCUT2D eigenvalue weighted by atomic mass is 9.79. The Morgan fingerprint density at radius 2 is 1.31 bits per heavy atom. The Morgan fingerprint density at radius 1 is 0.875 bits per heavy atom. The molecule has 0 aliphatic carbocycles. The largest absolute Gasteiger partial charge is 0.527 e. The van der Waals surface area contributed by atoms with Gasteiger partial charge in [0.15, 0.2) is 11.4 Å². The van der Waals surface area contributed by atoms with Gasteiger partial charge in [-0.3, -0.25) is 9.53 Å². The summed E-state index contributed by atoms with van der Waals surface area (Å²) in [5, 5.41) is 0. The summed E-state index contributed by atoms with van der Waals surface area (Å²) in [4.78, 5) is 11.4. The molecule has 0 spiro atoms. The van der Waals surface area contributed by atoms with Gasteiger partial charge in [0.1, 0.15) is 0 Å². The first kappa shape index (κ1) is 30.0. The number of halogens is 13. The Hall–Kier alpha value is -2.04. The van der Waals surface area contributed by atoms with Crippen molar-refractivity contribution in [3.63, 3.8) is 0 Å². The maximum atomic E-state index is 15.2. The number of hydrogen-bond acceptors (Lipinski definition) is 4. The molecule has 188 valence electrons. The van der Waals surface area contributed by atoms with Crippen molar-refractivity contribution >= 4 is 5.97 Å². The molecule has 17 heteroatoms. The highest BCUT2D eigenvalue weighted by molar-refractivity contribution is 5.71. The van der Waals surface area contributed by atoms with Crippen molar-refractivity contribution in [2.75, 3.05) is 0 Å². The second-order valence-corrected chi connectivity index (χ2v) is 6.32. The van der Waals surface area contributed by atoms with Crippen LogP contribution in [0.25, 0.3) is 0 Å². The van der Waals surface area contributed by atoms with Crippen molar-refractivity contribution in [2.24, 2.45) is 0 Å². The molecule has 2 atom stereocenters. The van der Waals surface area contributed by atoms with Gasteiger partial charge in [0, 0.05) is 0 Å². The van der Waals surface area contributed by atoms with E-state index in [1.807, 2.05) is 0 Å². The number of rotatable bonds is 10. The number of alkyl halides is 12. The van der Waals surface area contributed by atoms with Gasteiger partial charge in [0.25, 0.3) is 0 Å². The van der Waals surface area contributed by atoms with Crippen LogP contribution in [0.3, 0.4) is 0 Å². The van der Waals surface area contributed by atoms with Crippen molar-refractivity contribution in [3.05, 3.63) is 25.1 Å². The molecule has 0 aliphatic rings. The number of ether oxygens (including phenoxy) is 3. The van der Waals surface area contributed by atoms with E-state index in [2.05, 4.69) is 16.1 Å². The average Bonchev–Trinajstić information content (AvgIpc) is 2.49. The zero-order valence-electron chi connectivity index (χ0n) is 15.7. The van der Waals surface area contributed by atoms with Crippen molar-refractivity contribution in [1.29, 1.82) is 0 Å². The molecule has 0 aliphatic heterocycles. The van der Waals surface area contributed by atoms with Gasteiger partial charge in [-0.15, -0.1) is 19.8 Å². The van der Waals surface area contributed by atoms with Crippen LogP contribution in [0, 0.1) is 0 Å². The summed E-state index contributed by atoms with van der Waals surface area (Å²) in [6, 6.07) is 0. The first-order chi connectivity index (χ1) is 13.8. The van der Waals surface area contributed by atoms with Gasteiger partial charge in [0.2, 0.25) is 0 Å². The minimum absolute atomic E-state index is 0.314. The first-order valence-electron chi connectivity index (χ1n) is 7.66. The van der Waals surface area contributed by atoms with E-state index in [1.165, 1.54) is 0 Å². The zero-order chi connectivity index (χ0) is 26.2. The normalized spacial score (nSPS) is 17.8. The summed E-state index contributed by atoms with van der Waals surface area (Å²) >= 11 is 0. The molecule has 0 amide bonds. The van der Waals surface area contributed by atoms with Crippen LogP contribution < -0.4 is 0 Å². The molecule has 2 unspecified atom stereocenters. The lowest BCUT2D eigenvalue weighted by Gasteiger charge is -2.49. The van der Waals surface area contributed by atoms with Gasteiger partial charge >= 0.3 is 42.2 Å². The molecule has 0 fully saturated rings. The fourth-order valence-corrected chi connectivity index (χ4v) is 2.20. The van der Waals surface area contributed by atoms with E-state index in [9.17, 15) is 53.1 Å². The Morgan fingerprint density at radius 3 is 1.62 bits per heavy atom. The van der Waals surface area contributed by atoms with E-state index < -0.39 is 60.1 Å². The summed E-state index contributed by atoms with van der Waals surface area (Å²) in [5.74, 6) is -12.5. The highest BCUT2D eigenvalue weighted by Crippen LogP contribution is 2.60. The minimum atomic E-state index is -7.30. The van der Waals surface area contributed by atoms with Crippen LogP contribution in [-0.4, -0.2) is 47.8 Å². The molecule has 0 heterocycles. The highest BCUT2D eigenvalue weighted by Gasteiger charge is 2.89. The van der Waals surface area contributed by atoms with Crippen LogP contribution in [0.4, 0.5) is 57.1 Å². The Balaban J connectivity index is 7.26. The number of hydrogen-bond donors (Lipinski definition) is 0. The monoisotopic (exact) mass is 504 g/mol. The van der Waals surface area contributed by atoms with E-state index >= 15 is 8.78 Å². The summed E-state index contributed by atoms with van der Waals surface area (Å²) in [7, 11) is 0. The van der Waals surface area contributed by atoms with Crippen LogP contribution in [0.15, 0.2) is 25.1 Å². The third-order valence-electron chi connectivity index (χ3n) is 3.55. The van der Waals surface area contributed by atoms with Crippen LogP contribution in [-0.2, 0) is 19.0 Å². The van der Waals surface area contributed by atoms with E-state index in [0.717, 1.165) is 0 Å². The van der Waals surface area contributed by atoms with Gasteiger partial charge in [-0.25, -0.2) is 13.5 Å². The lowest BCUT2D eigenvalue weighted by molar-refractivity contribution is -0.537. The smallest absolute Gasteiger partial charge is 0.455 e. The molecule has 0 rings (SSSR count). The van der Waals surface area contributed by atoms with Crippen LogP contribution >= 0.6 is 0 Å². The van der Waals surface area contributed by atoms with Gasteiger partial charge in [-0.2, -0.15) is 35.1 Å². The molecule has 0 aromatic heterocycles. The van der Waals surface area contributed by atoms with Crippen molar-refractivity contribution in [2.45, 2.75) is 62.1 Å². The molecule has 0 aromatic carbocycles. The molecule has 0 saturated carbocycles. The quantitative estimate of drug-likeness (QED) is 0.207. The van der Waals surface area contributed by atoms with E-state index in [1.54, 1.807) is 11.3 Å². The van der Waals surface area contributed by atoms with Crippen LogP contribution in [0.5, 0.6) is 0 Å². The van der Waals surface area contributed by atoms with Gasteiger partial charge < -0.3 is 4.74 Å². The van der Waals surface area contributed by atoms with E-state index in [4.69, 9.17) is 0 Å². The van der Waals surface area contributed by atoms with Gasteiger partial charge in [-0.1, -0.05) is 12.7 Å². The number of esters is 1. The Bertz CT molecular complexity index is 728. The summed E-state index contributed by atoms with van der Waals surface area (Å²) in [6.45, 7) is 4.01. The van der Waals surface area contributed by atoms with E-state index in [-0.39, 0.29) is 13.8 Å². The highest BCUT2D eigenvalue weighted by atomic mass is 19.4. The maximum Gasteiger partial charge on any atom is 0.527 e. The third-order valence-corrected chi connectivity index (χ3v) is 3.55. The molecule has 0 radical (unpaired) electrons. The molecular weight excluding hydrogens is 491 g/mol. The predicted octanol–water partition coefficient (Wildman–Crippen LogP) is 6.04. The fourth-order valence-electron chi connectivity index (χ4n) is 2.20. The van der Waals surface area contributed by atoms with Crippen molar-refractivity contribution in [1.82, 2.24) is 0 Å². The number of carbonyl (C=O) groups excluding carboxylic acids is 1. The molecule has 0 bridgehead atoms. The fraction of sp³-hybridized carbons (Fsp3) is 0.667. The second kappa shape index (κ2) is 8.72. The number of carbonyl (C=O) groups is 1. The summed E-state index contributed by atoms with van der Waals surface area (Å²) in [5.41, 5.74) is -11.1. The zero-order valence-corrected chi connectivity index (χ0v) is 15.7. The molecule has 0 saturated heterocycles. The molecule has 32 heavy (non-hydrogen) atoms. The van der Waals surface area contributed by atoms with Gasteiger partial charge in [0.05, 0.1) is 6.42 Å². The molecular formula is C15H13F13O4. The minimum Gasteiger partial charge on any atom is -0.455 e. The van der Waals surface area contributed by atoms with E-state index in [0.29, 0.717) is 6.08 Å². The van der Waals surface area contributed by atoms with Crippen molar-refractivity contribution in [3.8, 4) is 0 Å². The topological polar surface area (TPSA) is 44.8 Å². The summed E-state index contributed by atoms with van der Waals surface area (Å²) in [6.07, 6.45) is -28.0.